The molecule has 0 radical (unpaired) electrons. The highest BCUT2D eigenvalue weighted by molar-refractivity contribution is 5.95. The van der Waals surface area contributed by atoms with Crippen molar-refractivity contribution in [1.82, 2.24) is 14.8 Å². The second kappa shape index (κ2) is 9.52. The third-order valence-corrected chi connectivity index (χ3v) is 5.22. The lowest BCUT2D eigenvalue weighted by molar-refractivity contribution is -0.122. The zero-order valence-corrected chi connectivity index (χ0v) is 17.4. The Kier molecular flexibility index (Phi) is 6.83. The summed E-state index contributed by atoms with van der Waals surface area (Å²) < 4.78 is 1.72. The van der Waals surface area contributed by atoms with Gasteiger partial charge in [0.05, 0.1) is 6.54 Å². The fraction of sp³-hybridized carbons (Fsp3) is 0.333. The van der Waals surface area contributed by atoms with Crippen molar-refractivity contribution >= 4 is 16.7 Å². The minimum Gasteiger partial charge on any atom is -0.351 e. The number of hydrogen-bond donors (Lipinski definition) is 1. The summed E-state index contributed by atoms with van der Waals surface area (Å²) in [5.41, 5.74) is 2.04. The van der Waals surface area contributed by atoms with E-state index < -0.39 is 0 Å². The molecule has 0 bridgehead atoms. The van der Waals surface area contributed by atoms with Crippen LogP contribution in [0.5, 0.6) is 0 Å². The molecule has 1 atom stereocenters. The first kappa shape index (κ1) is 20.8. The van der Waals surface area contributed by atoms with Gasteiger partial charge in [-0.05, 0) is 37.0 Å². The molecule has 3 rings (SSSR count). The topological polar surface area (TPSA) is 54.3 Å². The highest BCUT2D eigenvalue weighted by Gasteiger charge is 2.14. The maximum atomic E-state index is 13.0. The number of benzene rings is 2. The van der Waals surface area contributed by atoms with E-state index in [2.05, 4.69) is 10.2 Å². The molecule has 0 aliphatic heterocycles. The van der Waals surface area contributed by atoms with Crippen molar-refractivity contribution in [2.24, 2.45) is 0 Å². The lowest BCUT2D eigenvalue weighted by Crippen LogP contribution is -2.43. The number of fused-ring (bicyclic) bond motifs is 1. The van der Waals surface area contributed by atoms with Crippen molar-refractivity contribution in [1.29, 1.82) is 0 Å². The average molecular weight is 392 g/mol. The van der Waals surface area contributed by atoms with Gasteiger partial charge in [0.25, 0.3) is 5.56 Å². The Morgan fingerprint density at radius 1 is 1.00 bits per heavy atom. The van der Waals surface area contributed by atoms with Crippen LogP contribution in [0.15, 0.2) is 65.6 Å². The summed E-state index contributed by atoms with van der Waals surface area (Å²) in [7, 11) is 0. The van der Waals surface area contributed by atoms with Gasteiger partial charge >= 0.3 is 0 Å². The summed E-state index contributed by atoms with van der Waals surface area (Å²) in [6, 6.07) is 17.6. The lowest BCUT2D eigenvalue weighted by Gasteiger charge is -2.21. The average Bonchev–Trinajstić information content (AvgIpc) is 2.74. The molecule has 0 spiro atoms. The standard InChI is InChI=1S/C24H29N3O2/c1-4-26(5-2)17-23(28)25-18(3)15-27-16-22(19-11-7-6-8-12-19)20-13-9-10-14-21(20)24(27)29/h6-14,16,18H,4-5,15,17H2,1-3H3,(H,25,28). The van der Waals surface area contributed by atoms with Gasteiger partial charge in [-0.15, -0.1) is 0 Å². The zero-order chi connectivity index (χ0) is 20.8. The Morgan fingerprint density at radius 3 is 2.28 bits per heavy atom. The van der Waals surface area contributed by atoms with Crippen LogP contribution in [0.1, 0.15) is 20.8 Å². The molecule has 0 fully saturated rings. The second-order valence-corrected chi connectivity index (χ2v) is 7.34. The van der Waals surface area contributed by atoms with Gasteiger partial charge in [-0.25, -0.2) is 0 Å². The maximum absolute atomic E-state index is 13.0. The molecule has 0 saturated heterocycles. The van der Waals surface area contributed by atoms with Gasteiger partial charge in [-0.1, -0.05) is 62.4 Å². The largest absolute Gasteiger partial charge is 0.351 e. The van der Waals surface area contributed by atoms with E-state index in [4.69, 9.17) is 0 Å². The molecule has 1 heterocycles. The summed E-state index contributed by atoms with van der Waals surface area (Å²) in [5.74, 6) is -0.0154. The Morgan fingerprint density at radius 2 is 1.62 bits per heavy atom. The van der Waals surface area contributed by atoms with Crippen LogP contribution in [-0.2, 0) is 11.3 Å². The van der Waals surface area contributed by atoms with Crippen LogP contribution in [0.2, 0.25) is 0 Å². The van der Waals surface area contributed by atoms with Gasteiger partial charge in [-0.2, -0.15) is 0 Å². The van der Waals surface area contributed by atoms with E-state index in [-0.39, 0.29) is 17.5 Å². The van der Waals surface area contributed by atoms with E-state index in [9.17, 15) is 9.59 Å². The predicted octanol–water partition coefficient (Wildman–Crippen LogP) is 3.52. The van der Waals surface area contributed by atoms with Crippen LogP contribution in [0, 0.1) is 0 Å². The number of aromatic nitrogens is 1. The molecule has 0 saturated carbocycles. The van der Waals surface area contributed by atoms with Crippen LogP contribution in [-0.4, -0.2) is 41.1 Å². The second-order valence-electron chi connectivity index (χ2n) is 7.34. The number of carbonyl (C=O) groups excluding carboxylic acids is 1. The fourth-order valence-electron chi connectivity index (χ4n) is 3.64. The van der Waals surface area contributed by atoms with Gasteiger partial charge in [0.1, 0.15) is 0 Å². The molecule has 3 aromatic rings. The van der Waals surface area contributed by atoms with Crippen molar-refractivity contribution in [3.63, 3.8) is 0 Å². The Balaban J connectivity index is 1.89. The Bertz CT molecular complexity index is 1020. The van der Waals surface area contributed by atoms with E-state index >= 15 is 0 Å². The molecular formula is C24H29N3O2. The molecule has 2 aromatic carbocycles. The highest BCUT2D eigenvalue weighted by atomic mass is 16.2. The molecule has 5 nitrogen and oxygen atoms in total. The van der Waals surface area contributed by atoms with E-state index in [1.54, 1.807) is 4.57 Å². The van der Waals surface area contributed by atoms with Crippen molar-refractivity contribution in [2.45, 2.75) is 33.4 Å². The van der Waals surface area contributed by atoms with Crippen LogP contribution in [0.25, 0.3) is 21.9 Å². The third-order valence-electron chi connectivity index (χ3n) is 5.22. The third kappa shape index (κ3) is 4.93. The normalized spacial score (nSPS) is 12.3. The zero-order valence-electron chi connectivity index (χ0n) is 17.4. The number of nitrogens with zero attached hydrogens (tertiary/aromatic N) is 2. The van der Waals surface area contributed by atoms with Crippen molar-refractivity contribution in [3.8, 4) is 11.1 Å². The molecule has 152 valence electrons. The van der Waals surface area contributed by atoms with Crippen LogP contribution < -0.4 is 10.9 Å². The fourth-order valence-corrected chi connectivity index (χ4v) is 3.64. The minimum absolute atomic E-state index is 0.0154. The van der Waals surface area contributed by atoms with Gasteiger partial charge < -0.3 is 9.88 Å². The van der Waals surface area contributed by atoms with E-state index in [1.165, 1.54) is 0 Å². The van der Waals surface area contributed by atoms with Crippen molar-refractivity contribution in [3.05, 3.63) is 71.1 Å². The first-order chi connectivity index (χ1) is 14.0. The molecule has 1 N–H and O–H groups in total. The number of hydrogen-bond acceptors (Lipinski definition) is 3. The van der Waals surface area contributed by atoms with E-state index in [0.29, 0.717) is 18.5 Å². The monoisotopic (exact) mass is 391 g/mol. The van der Waals surface area contributed by atoms with E-state index in [0.717, 1.165) is 29.6 Å². The number of amides is 1. The SMILES string of the molecule is CCN(CC)CC(=O)NC(C)Cn1cc(-c2ccccc2)c2ccccc2c1=O. The maximum Gasteiger partial charge on any atom is 0.258 e. The molecule has 1 unspecified atom stereocenters. The molecule has 1 amide bonds. The van der Waals surface area contributed by atoms with E-state index in [1.807, 2.05) is 81.6 Å². The Hall–Kier alpha value is -2.92. The van der Waals surface area contributed by atoms with Crippen molar-refractivity contribution in [2.75, 3.05) is 19.6 Å². The Labute approximate surface area is 172 Å². The lowest BCUT2D eigenvalue weighted by atomic mass is 10.0. The number of likely N-dealkylation sites (N-methyl/N-ethyl adjacent to an activating group) is 1. The smallest absolute Gasteiger partial charge is 0.258 e. The van der Waals surface area contributed by atoms with Gasteiger partial charge in [-0.3, -0.25) is 14.5 Å². The summed E-state index contributed by atoms with van der Waals surface area (Å²) in [5, 5.41) is 4.65. The highest BCUT2D eigenvalue weighted by Crippen LogP contribution is 2.26. The summed E-state index contributed by atoms with van der Waals surface area (Å²) in [4.78, 5) is 27.4. The van der Waals surface area contributed by atoms with Gasteiger partial charge in [0, 0.05) is 29.7 Å². The number of nitrogens with one attached hydrogen (secondary N) is 1. The first-order valence-electron chi connectivity index (χ1n) is 10.2. The molecule has 0 aliphatic rings. The summed E-state index contributed by atoms with van der Waals surface area (Å²) in [6.45, 7) is 8.49. The number of carbonyl (C=O) groups is 1. The quantitative estimate of drug-likeness (QED) is 0.639. The van der Waals surface area contributed by atoms with Crippen LogP contribution >= 0.6 is 0 Å². The summed E-state index contributed by atoms with van der Waals surface area (Å²) in [6.07, 6.45) is 1.91. The number of pyridine rings is 1. The molecule has 29 heavy (non-hydrogen) atoms. The van der Waals surface area contributed by atoms with Crippen molar-refractivity contribution < 1.29 is 4.79 Å². The van der Waals surface area contributed by atoms with Gasteiger partial charge in [0.2, 0.25) is 5.91 Å². The first-order valence-corrected chi connectivity index (χ1v) is 10.2. The predicted molar refractivity (Wildman–Crippen MR) is 119 cm³/mol. The van der Waals surface area contributed by atoms with Gasteiger partial charge in [0.15, 0.2) is 0 Å². The number of rotatable bonds is 8. The molecule has 5 heteroatoms. The molecular weight excluding hydrogens is 362 g/mol. The minimum atomic E-state index is -0.152. The molecule has 1 aromatic heterocycles. The van der Waals surface area contributed by atoms with Crippen LogP contribution in [0.3, 0.4) is 0 Å². The summed E-state index contributed by atoms with van der Waals surface area (Å²) >= 11 is 0. The molecule has 0 aliphatic carbocycles. The van der Waals surface area contributed by atoms with Crippen LogP contribution in [0.4, 0.5) is 0 Å².